The van der Waals surface area contributed by atoms with E-state index in [-0.39, 0.29) is 12.2 Å². The van der Waals surface area contributed by atoms with Crippen molar-refractivity contribution in [2.24, 2.45) is 0 Å². The number of halogens is 1. The Morgan fingerprint density at radius 1 is 1.33 bits per heavy atom. The minimum atomic E-state index is -1.43. The van der Waals surface area contributed by atoms with Crippen LogP contribution in [0.4, 0.5) is 4.39 Å². The molecule has 0 spiro atoms. The standard InChI is InChI=1S/C16H22FNO3/c1-4-9-16(3,21)15(20)18-11(2)10-14(19)12-5-7-13(17)8-6-12/h5-8,11,21H,4,9-10H2,1-3H3,(H,18,20). The van der Waals surface area contributed by atoms with Crippen LogP contribution in [0.2, 0.25) is 0 Å². The predicted octanol–water partition coefficient (Wildman–Crippen LogP) is 2.45. The molecule has 21 heavy (non-hydrogen) atoms. The summed E-state index contributed by atoms with van der Waals surface area (Å²) in [5.41, 5.74) is -1.03. The summed E-state index contributed by atoms with van der Waals surface area (Å²) in [5.74, 6) is -1.06. The molecule has 1 rings (SSSR count). The number of benzene rings is 1. The summed E-state index contributed by atoms with van der Waals surface area (Å²) >= 11 is 0. The molecular weight excluding hydrogens is 273 g/mol. The van der Waals surface area contributed by atoms with E-state index >= 15 is 0 Å². The van der Waals surface area contributed by atoms with Crippen molar-refractivity contribution in [3.8, 4) is 0 Å². The SMILES string of the molecule is CCCC(C)(O)C(=O)NC(C)CC(=O)c1ccc(F)cc1. The maximum atomic E-state index is 12.8. The molecule has 0 aliphatic rings. The molecule has 4 nitrogen and oxygen atoms in total. The first-order chi connectivity index (χ1) is 9.76. The van der Waals surface area contributed by atoms with E-state index in [0.717, 1.165) is 0 Å². The molecule has 0 aliphatic carbocycles. The summed E-state index contributed by atoms with van der Waals surface area (Å²) in [4.78, 5) is 23.9. The zero-order valence-electron chi connectivity index (χ0n) is 12.6. The lowest BCUT2D eigenvalue weighted by atomic mass is 9.98. The Hall–Kier alpha value is -1.75. The van der Waals surface area contributed by atoms with Crippen molar-refractivity contribution in [2.75, 3.05) is 0 Å². The molecule has 0 aliphatic heterocycles. The van der Waals surface area contributed by atoms with Crippen LogP contribution in [0.25, 0.3) is 0 Å². The molecule has 2 unspecified atom stereocenters. The highest BCUT2D eigenvalue weighted by molar-refractivity contribution is 5.96. The van der Waals surface area contributed by atoms with E-state index in [1.165, 1.54) is 31.2 Å². The molecule has 0 saturated heterocycles. The summed E-state index contributed by atoms with van der Waals surface area (Å²) in [6.45, 7) is 5.03. The lowest BCUT2D eigenvalue weighted by Gasteiger charge is -2.24. The Morgan fingerprint density at radius 3 is 2.43 bits per heavy atom. The normalized spacial score (nSPS) is 15.1. The Bertz CT molecular complexity index is 497. The number of hydrogen-bond acceptors (Lipinski definition) is 3. The van der Waals surface area contributed by atoms with E-state index in [9.17, 15) is 19.1 Å². The quantitative estimate of drug-likeness (QED) is 0.759. The fourth-order valence-electron chi connectivity index (χ4n) is 2.06. The molecule has 1 amide bonds. The third kappa shape index (κ3) is 5.27. The van der Waals surface area contributed by atoms with E-state index in [0.29, 0.717) is 18.4 Å². The Balaban J connectivity index is 2.57. The number of ketones is 1. The van der Waals surface area contributed by atoms with Crippen molar-refractivity contribution >= 4 is 11.7 Å². The highest BCUT2D eigenvalue weighted by Gasteiger charge is 2.30. The van der Waals surface area contributed by atoms with Crippen molar-refractivity contribution in [1.29, 1.82) is 0 Å². The van der Waals surface area contributed by atoms with Crippen LogP contribution in [0.3, 0.4) is 0 Å². The molecule has 0 saturated carbocycles. The molecule has 2 atom stereocenters. The number of hydrogen-bond donors (Lipinski definition) is 2. The molecule has 0 fully saturated rings. The number of carbonyl (C=O) groups is 2. The molecular formula is C16H22FNO3. The Labute approximate surface area is 124 Å². The summed E-state index contributed by atoms with van der Waals surface area (Å²) in [5, 5.41) is 12.6. The topological polar surface area (TPSA) is 66.4 Å². The third-order valence-corrected chi connectivity index (χ3v) is 3.26. The van der Waals surface area contributed by atoms with Gasteiger partial charge in [-0.15, -0.1) is 0 Å². The summed E-state index contributed by atoms with van der Waals surface area (Å²) < 4.78 is 12.8. The first-order valence-corrected chi connectivity index (χ1v) is 7.08. The molecule has 1 aromatic carbocycles. The van der Waals surface area contributed by atoms with E-state index in [4.69, 9.17) is 0 Å². The number of nitrogens with one attached hydrogen (secondary N) is 1. The first-order valence-electron chi connectivity index (χ1n) is 7.08. The minimum absolute atomic E-state index is 0.0968. The zero-order chi connectivity index (χ0) is 16.0. The van der Waals surface area contributed by atoms with Gasteiger partial charge in [-0.25, -0.2) is 4.39 Å². The van der Waals surface area contributed by atoms with Gasteiger partial charge in [0.1, 0.15) is 11.4 Å². The molecule has 0 radical (unpaired) electrons. The van der Waals surface area contributed by atoms with Crippen LogP contribution in [-0.2, 0) is 4.79 Å². The third-order valence-electron chi connectivity index (χ3n) is 3.26. The van der Waals surface area contributed by atoms with Crippen molar-refractivity contribution in [3.05, 3.63) is 35.6 Å². The van der Waals surface area contributed by atoms with Gasteiger partial charge in [-0.1, -0.05) is 13.3 Å². The maximum Gasteiger partial charge on any atom is 0.251 e. The van der Waals surface area contributed by atoms with Gasteiger partial charge in [-0.3, -0.25) is 9.59 Å². The first kappa shape index (κ1) is 17.3. The van der Waals surface area contributed by atoms with Gasteiger partial charge in [0.2, 0.25) is 0 Å². The van der Waals surface area contributed by atoms with Crippen LogP contribution in [0.15, 0.2) is 24.3 Å². The van der Waals surface area contributed by atoms with Crippen LogP contribution in [0.1, 0.15) is 50.4 Å². The van der Waals surface area contributed by atoms with Crippen LogP contribution in [0.5, 0.6) is 0 Å². The second-order valence-electron chi connectivity index (χ2n) is 5.53. The second kappa shape index (κ2) is 7.31. The number of aliphatic hydroxyl groups is 1. The van der Waals surface area contributed by atoms with Gasteiger partial charge >= 0.3 is 0 Å². The van der Waals surface area contributed by atoms with E-state index in [1.807, 2.05) is 6.92 Å². The van der Waals surface area contributed by atoms with Gasteiger partial charge in [0.05, 0.1) is 0 Å². The number of rotatable bonds is 7. The molecule has 0 aromatic heterocycles. The second-order valence-corrected chi connectivity index (χ2v) is 5.53. The molecule has 1 aromatic rings. The predicted molar refractivity (Wildman–Crippen MR) is 78.5 cm³/mol. The Kier molecular flexibility index (Phi) is 6.03. The average molecular weight is 295 g/mol. The molecule has 0 heterocycles. The largest absolute Gasteiger partial charge is 0.380 e. The van der Waals surface area contributed by atoms with Gasteiger partial charge in [0.15, 0.2) is 5.78 Å². The van der Waals surface area contributed by atoms with Crippen LogP contribution in [-0.4, -0.2) is 28.4 Å². The molecule has 0 bridgehead atoms. The van der Waals surface area contributed by atoms with Crippen LogP contribution in [0, 0.1) is 5.82 Å². The van der Waals surface area contributed by atoms with E-state index < -0.39 is 23.4 Å². The summed E-state index contributed by atoms with van der Waals surface area (Å²) in [6, 6.07) is 4.88. The monoisotopic (exact) mass is 295 g/mol. The highest BCUT2D eigenvalue weighted by atomic mass is 19.1. The average Bonchev–Trinajstić information content (AvgIpc) is 2.38. The number of carbonyl (C=O) groups excluding carboxylic acids is 2. The van der Waals surface area contributed by atoms with Crippen LogP contribution < -0.4 is 5.32 Å². The van der Waals surface area contributed by atoms with Crippen molar-refractivity contribution < 1.29 is 19.1 Å². The molecule has 116 valence electrons. The lowest BCUT2D eigenvalue weighted by molar-refractivity contribution is -0.139. The van der Waals surface area contributed by atoms with Crippen LogP contribution >= 0.6 is 0 Å². The van der Waals surface area contributed by atoms with E-state index in [1.54, 1.807) is 6.92 Å². The van der Waals surface area contributed by atoms with Gasteiger partial charge in [-0.05, 0) is 44.5 Å². The van der Waals surface area contributed by atoms with Crippen molar-refractivity contribution in [2.45, 2.75) is 51.7 Å². The summed E-state index contributed by atoms with van der Waals surface area (Å²) in [7, 11) is 0. The number of amides is 1. The van der Waals surface area contributed by atoms with Gasteiger partial charge in [0, 0.05) is 18.0 Å². The van der Waals surface area contributed by atoms with Crippen molar-refractivity contribution in [1.82, 2.24) is 5.32 Å². The minimum Gasteiger partial charge on any atom is -0.380 e. The number of Topliss-reactive ketones (excluding diaryl/α,β-unsaturated/α-hetero) is 1. The molecule has 2 N–H and O–H groups in total. The zero-order valence-corrected chi connectivity index (χ0v) is 12.6. The van der Waals surface area contributed by atoms with Gasteiger partial charge in [0.25, 0.3) is 5.91 Å². The fraction of sp³-hybridized carbons (Fsp3) is 0.500. The molecule has 5 heteroatoms. The maximum absolute atomic E-state index is 12.8. The van der Waals surface area contributed by atoms with E-state index in [2.05, 4.69) is 5.32 Å². The lowest BCUT2D eigenvalue weighted by Crippen LogP contribution is -2.48. The summed E-state index contributed by atoms with van der Waals surface area (Å²) in [6.07, 6.45) is 1.14. The Morgan fingerprint density at radius 2 is 1.90 bits per heavy atom. The van der Waals surface area contributed by atoms with Gasteiger partial charge < -0.3 is 10.4 Å². The fourth-order valence-corrected chi connectivity index (χ4v) is 2.06. The van der Waals surface area contributed by atoms with Crippen molar-refractivity contribution in [3.63, 3.8) is 0 Å². The smallest absolute Gasteiger partial charge is 0.251 e. The van der Waals surface area contributed by atoms with Gasteiger partial charge in [-0.2, -0.15) is 0 Å². The highest BCUT2D eigenvalue weighted by Crippen LogP contribution is 2.13.